The largest absolute Gasteiger partial charge is 0.359 e. The van der Waals surface area contributed by atoms with E-state index in [9.17, 15) is 9.59 Å². The molecule has 0 radical (unpaired) electrons. The van der Waals surface area contributed by atoms with Crippen molar-refractivity contribution in [2.24, 2.45) is 11.3 Å². The van der Waals surface area contributed by atoms with Crippen LogP contribution in [0.2, 0.25) is 0 Å². The van der Waals surface area contributed by atoms with Gasteiger partial charge in [0.25, 0.3) is 5.91 Å². The van der Waals surface area contributed by atoms with Gasteiger partial charge in [-0.2, -0.15) is 0 Å². The number of likely N-dealkylation sites (tertiary alicyclic amines) is 1. The Balaban J connectivity index is 1.76. The van der Waals surface area contributed by atoms with Gasteiger partial charge >= 0.3 is 0 Å². The summed E-state index contributed by atoms with van der Waals surface area (Å²) < 4.78 is 0. The lowest BCUT2D eigenvalue weighted by molar-refractivity contribution is -0.127. The first kappa shape index (κ1) is 14.0. The van der Waals surface area contributed by atoms with E-state index in [1.807, 2.05) is 11.0 Å². The van der Waals surface area contributed by atoms with E-state index in [4.69, 9.17) is 0 Å². The highest BCUT2D eigenvalue weighted by Gasteiger charge is 2.51. The number of aromatic nitrogens is 1. The fraction of sp³-hybridized carbons (Fsp3) is 0.562. The Morgan fingerprint density at radius 3 is 2.95 bits per heavy atom. The molecular formula is C16H21N3O2. The zero-order valence-corrected chi connectivity index (χ0v) is 12.3. The summed E-state index contributed by atoms with van der Waals surface area (Å²) in [6, 6.07) is 5.38. The molecule has 5 nitrogen and oxygen atoms in total. The first-order valence-corrected chi connectivity index (χ1v) is 7.58. The molecule has 21 heavy (non-hydrogen) atoms. The fourth-order valence-electron chi connectivity index (χ4n) is 3.93. The van der Waals surface area contributed by atoms with Crippen LogP contribution < -0.4 is 5.32 Å². The highest BCUT2D eigenvalue weighted by atomic mass is 16.2. The topological polar surface area (TPSA) is 62.3 Å². The summed E-state index contributed by atoms with van der Waals surface area (Å²) in [5.41, 5.74) is 0.467. The Hall–Kier alpha value is -1.91. The summed E-state index contributed by atoms with van der Waals surface area (Å²) in [7, 11) is 1.69. The number of amides is 2. The molecule has 2 aliphatic rings. The minimum absolute atomic E-state index is 0.0185. The van der Waals surface area contributed by atoms with Crippen LogP contribution in [0.25, 0.3) is 0 Å². The lowest BCUT2D eigenvalue weighted by Gasteiger charge is -2.30. The van der Waals surface area contributed by atoms with Crippen molar-refractivity contribution in [2.75, 3.05) is 20.1 Å². The van der Waals surface area contributed by atoms with Crippen molar-refractivity contribution in [2.45, 2.75) is 25.7 Å². The van der Waals surface area contributed by atoms with Gasteiger partial charge in [-0.05, 0) is 31.4 Å². The number of pyridine rings is 1. The Bertz CT molecular complexity index is 546. The monoisotopic (exact) mass is 287 g/mol. The third kappa shape index (κ3) is 2.41. The Morgan fingerprint density at radius 2 is 2.24 bits per heavy atom. The van der Waals surface area contributed by atoms with Gasteiger partial charge in [-0.3, -0.25) is 14.6 Å². The van der Waals surface area contributed by atoms with E-state index < -0.39 is 0 Å². The van der Waals surface area contributed by atoms with Gasteiger partial charge in [0.05, 0.1) is 0 Å². The molecule has 0 bridgehead atoms. The molecule has 1 aliphatic carbocycles. The van der Waals surface area contributed by atoms with Gasteiger partial charge in [0.15, 0.2) is 0 Å². The highest BCUT2D eigenvalue weighted by molar-refractivity contribution is 5.92. The first-order chi connectivity index (χ1) is 10.2. The minimum atomic E-state index is -0.0233. The molecular weight excluding hydrogens is 266 g/mol. The quantitative estimate of drug-likeness (QED) is 0.895. The van der Waals surface area contributed by atoms with Crippen molar-refractivity contribution in [3.05, 3.63) is 30.1 Å². The average Bonchev–Trinajstić information content (AvgIpc) is 3.14. The molecule has 1 saturated carbocycles. The summed E-state index contributed by atoms with van der Waals surface area (Å²) in [5.74, 6) is 0.152. The van der Waals surface area contributed by atoms with Crippen LogP contribution in [0.3, 0.4) is 0 Å². The Labute approximate surface area is 124 Å². The Kier molecular flexibility index (Phi) is 3.66. The van der Waals surface area contributed by atoms with Gasteiger partial charge < -0.3 is 10.2 Å². The zero-order chi connectivity index (χ0) is 14.9. The second-order valence-corrected chi connectivity index (χ2v) is 6.11. The summed E-state index contributed by atoms with van der Waals surface area (Å²) >= 11 is 0. The first-order valence-electron chi connectivity index (χ1n) is 7.58. The fourth-order valence-corrected chi connectivity index (χ4v) is 3.93. The standard InChI is InChI=1S/C16H21N3O2/c1-17-14(20)12-5-4-7-16(12)8-10-19(11-16)15(21)13-6-2-3-9-18-13/h2-3,6,9,12H,4-5,7-8,10-11H2,1H3,(H,17,20)/t12-,16+/m1/s1. The summed E-state index contributed by atoms with van der Waals surface area (Å²) in [6.45, 7) is 1.41. The molecule has 1 aliphatic heterocycles. The normalized spacial score (nSPS) is 28.0. The van der Waals surface area contributed by atoms with Crippen LogP contribution in [-0.4, -0.2) is 41.8 Å². The van der Waals surface area contributed by atoms with Crippen molar-refractivity contribution in [3.63, 3.8) is 0 Å². The van der Waals surface area contributed by atoms with E-state index in [1.165, 1.54) is 0 Å². The van der Waals surface area contributed by atoms with Crippen molar-refractivity contribution in [1.29, 1.82) is 0 Å². The van der Waals surface area contributed by atoms with E-state index in [0.29, 0.717) is 12.2 Å². The van der Waals surface area contributed by atoms with Gasteiger partial charge in [0.2, 0.25) is 5.91 Å². The number of nitrogens with one attached hydrogen (secondary N) is 1. The van der Waals surface area contributed by atoms with Gasteiger partial charge in [-0.25, -0.2) is 0 Å². The molecule has 3 rings (SSSR count). The van der Waals surface area contributed by atoms with E-state index in [2.05, 4.69) is 10.3 Å². The lowest BCUT2D eigenvalue weighted by Crippen LogP contribution is -2.40. The predicted octanol–water partition coefficient (Wildman–Crippen LogP) is 1.46. The van der Waals surface area contributed by atoms with E-state index in [0.717, 1.165) is 32.2 Å². The SMILES string of the molecule is CNC(=O)[C@H]1CCC[C@@]12CCN(C(=O)c1ccccn1)C2. The predicted molar refractivity (Wildman–Crippen MR) is 78.6 cm³/mol. The molecule has 2 amide bonds. The van der Waals surface area contributed by atoms with E-state index >= 15 is 0 Å². The number of carbonyl (C=O) groups is 2. The number of hydrogen-bond acceptors (Lipinski definition) is 3. The molecule has 1 saturated heterocycles. The van der Waals surface area contributed by atoms with Gasteiger partial charge in [-0.1, -0.05) is 12.5 Å². The van der Waals surface area contributed by atoms with Crippen LogP contribution in [0.4, 0.5) is 0 Å². The number of nitrogens with zero attached hydrogens (tertiary/aromatic N) is 2. The molecule has 112 valence electrons. The summed E-state index contributed by atoms with van der Waals surface area (Å²) in [5, 5.41) is 2.78. The van der Waals surface area contributed by atoms with E-state index in [1.54, 1.807) is 25.4 Å². The zero-order valence-electron chi connectivity index (χ0n) is 12.3. The molecule has 2 fully saturated rings. The van der Waals surface area contributed by atoms with Crippen molar-refractivity contribution >= 4 is 11.8 Å². The molecule has 0 aromatic carbocycles. The molecule has 1 aromatic heterocycles. The third-order valence-corrected chi connectivity index (χ3v) is 5.03. The molecule has 5 heteroatoms. The van der Waals surface area contributed by atoms with Crippen LogP contribution in [0.1, 0.15) is 36.2 Å². The van der Waals surface area contributed by atoms with Crippen LogP contribution in [0.15, 0.2) is 24.4 Å². The summed E-state index contributed by atoms with van der Waals surface area (Å²) in [4.78, 5) is 30.6. The highest BCUT2D eigenvalue weighted by Crippen LogP contribution is 2.49. The molecule has 1 N–H and O–H groups in total. The molecule has 1 spiro atoms. The van der Waals surface area contributed by atoms with Crippen LogP contribution >= 0.6 is 0 Å². The third-order valence-electron chi connectivity index (χ3n) is 5.03. The smallest absolute Gasteiger partial charge is 0.272 e. The van der Waals surface area contributed by atoms with Crippen LogP contribution in [-0.2, 0) is 4.79 Å². The molecule has 1 aromatic rings. The number of carbonyl (C=O) groups excluding carboxylic acids is 2. The van der Waals surface area contributed by atoms with Crippen molar-refractivity contribution < 1.29 is 9.59 Å². The minimum Gasteiger partial charge on any atom is -0.359 e. The second kappa shape index (κ2) is 5.47. The number of hydrogen-bond donors (Lipinski definition) is 1. The number of rotatable bonds is 2. The lowest BCUT2D eigenvalue weighted by atomic mass is 9.76. The van der Waals surface area contributed by atoms with Crippen LogP contribution in [0, 0.1) is 11.3 Å². The second-order valence-electron chi connectivity index (χ2n) is 6.11. The molecule has 2 atom stereocenters. The van der Waals surface area contributed by atoms with Crippen molar-refractivity contribution in [1.82, 2.24) is 15.2 Å². The van der Waals surface area contributed by atoms with Crippen molar-refractivity contribution in [3.8, 4) is 0 Å². The average molecular weight is 287 g/mol. The maximum atomic E-state index is 12.5. The van der Waals surface area contributed by atoms with E-state index in [-0.39, 0.29) is 23.1 Å². The maximum Gasteiger partial charge on any atom is 0.272 e. The van der Waals surface area contributed by atoms with Crippen LogP contribution in [0.5, 0.6) is 0 Å². The summed E-state index contributed by atoms with van der Waals surface area (Å²) in [6.07, 6.45) is 5.61. The van der Waals surface area contributed by atoms with Gasteiger partial charge in [0.1, 0.15) is 5.69 Å². The molecule has 2 heterocycles. The Morgan fingerprint density at radius 1 is 1.38 bits per heavy atom. The maximum absolute atomic E-state index is 12.5. The molecule has 0 unspecified atom stereocenters. The van der Waals surface area contributed by atoms with Gasteiger partial charge in [0, 0.05) is 37.7 Å². The van der Waals surface area contributed by atoms with Gasteiger partial charge in [-0.15, -0.1) is 0 Å².